The molecule has 3 heterocycles. The van der Waals surface area contributed by atoms with Crippen LogP contribution in [0.15, 0.2) is 24.1 Å². The Morgan fingerprint density at radius 3 is 2.71 bits per heavy atom. The van der Waals surface area contributed by atoms with Crippen LogP contribution in [0.1, 0.15) is 48.5 Å². The maximum Gasteiger partial charge on any atom is 0.317 e. The van der Waals surface area contributed by atoms with Gasteiger partial charge in [-0.05, 0) is 38.5 Å². The molecule has 4 rings (SSSR count). The third-order valence-corrected chi connectivity index (χ3v) is 6.02. The van der Waals surface area contributed by atoms with E-state index in [1.807, 2.05) is 30.5 Å². The Kier molecular flexibility index (Phi) is 4.26. The number of thiazole rings is 1. The normalized spacial score (nSPS) is 20.1. The molecule has 1 aliphatic heterocycles. The van der Waals surface area contributed by atoms with Crippen molar-refractivity contribution in [1.29, 1.82) is 0 Å². The first-order valence-corrected chi connectivity index (χ1v) is 9.53. The van der Waals surface area contributed by atoms with E-state index in [1.54, 1.807) is 11.3 Å². The standard InChI is InChI=1S/C17H23N5OS/c1-12-10-24-16(19-12)15(13-2-3-13)20-17(23)21-7-4-14(5-8-21)22-9-6-18-11-22/h6,9-11,13-15H,2-5,7-8H2,1H3,(H,20,23)/t15-/m0/s1. The van der Waals surface area contributed by atoms with Gasteiger partial charge < -0.3 is 14.8 Å². The minimum absolute atomic E-state index is 0.0591. The molecule has 128 valence electrons. The molecule has 1 aliphatic carbocycles. The first kappa shape index (κ1) is 15.6. The van der Waals surface area contributed by atoms with Crippen LogP contribution < -0.4 is 5.32 Å². The molecule has 0 aromatic carbocycles. The number of amides is 2. The number of hydrogen-bond donors (Lipinski definition) is 1. The van der Waals surface area contributed by atoms with Crippen LogP contribution in [0.3, 0.4) is 0 Å². The maximum atomic E-state index is 12.7. The van der Waals surface area contributed by atoms with Crippen LogP contribution in [-0.4, -0.2) is 38.6 Å². The molecule has 2 aliphatic rings. The maximum absolute atomic E-state index is 12.7. The Morgan fingerprint density at radius 2 is 2.12 bits per heavy atom. The molecule has 1 saturated carbocycles. The van der Waals surface area contributed by atoms with Crippen molar-refractivity contribution >= 4 is 17.4 Å². The lowest BCUT2D eigenvalue weighted by Crippen LogP contribution is -2.46. The molecule has 7 heteroatoms. The Bertz CT molecular complexity index is 686. The molecular formula is C17H23N5OS. The van der Waals surface area contributed by atoms with Crippen LogP contribution in [0, 0.1) is 12.8 Å². The zero-order valence-corrected chi connectivity index (χ0v) is 14.7. The van der Waals surface area contributed by atoms with Crippen LogP contribution in [0.25, 0.3) is 0 Å². The van der Waals surface area contributed by atoms with Gasteiger partial charge in [0.25, 0.3) is 0 Å². The van der Waals surface area contributed by atoms with Crippen molar-refractivity contribution in [3.05, 3.63) is 34.8 Å². The number of aromatic nitrogens is 3. The lowest BCUT2D eigenvalue weighted by Gasteiger charge is -2.33. The van der Waals surface area contributed by atoms with Crippen LogP contribution in [0.4, 0.5) is 4.79 Å². The molecule has 2 amide bonds. The van der Waals surface area contributed by atoms with E-state index in [2.05, 4.69) is 25.2 Å². The molecular weight excluding hydrogens is 322 g/mol. The first-order chi connectivity index (χ1) is 11.7. The number of likely N-dealkylation sites (tertiary alicyclic amines) is 1. The number of urea groups is 1. The molecule has 2 fully saturated rings. The summed E-state index contributed by atoms with van der Waals surface area (Å²) in [6.07, 6.45) is 10.0. The van der Waals surface area contributed by atoms with Gasteiger partial charge >= 0.3 is 6.03 Å². The third-order valence-electron chi connectivity index (χ3n) is 4.97. The number of rotatable bonds is 4. The van der Waals surface area contributed by atoms with E-state index >= 15 is 0 Å². The van der Waals surface area contributed by atoms with Crippen LogP contribution in [-0.2, 0) is 0 Å². The number of hydrogen-bond acceptors (Lipinski definition) is 4. The van der Waals surface area contributed by atoms with Crippen LogP contribution in [0.2, 0.25) is 0 Å². The zero-order chi connectivity index (χ0) is 16.5. The molecule has 2 aromatic heterocycles. The monoisotopic (exact) mass is 345 g/mol. The van der Waals surface area contributed by atoms with Gasteiger partial charge in [0, 0.05) is 42.6 Å². The highest BCUT2D eigenvalue weighted by Crippen LogP contribution is 2.42. The van der Waals surface area contributed by atoms with Crippen molar-refractivity contribution in [3.63, 3.8) is 0 Å². The van der Waals surface area contributed by atoms with E-state index < -0.39 is 0 Å². The topological polar surface area (TPSA) is 63.1 Å². The van der Waals surface area contributed by atoms with Gasteiger partial charge in [-0.1, -0.05) is 0 Å². The second kappa shape index (κ2) is 6.55. The summed E-state index contributed by atoms with van der Waals surface area (Å²) < 4.78 is 2.15. The molecule has 2 aromatic rings. The lowest BCUT2D eigenvalue weighted by atomic mass is 10.1. The van der Waals surface area contributed by atoms with Crippen molar-refractivity contribution in [2.75, 3.05) is 13.1 Å². The molecule has 0 spiro atoms. The molecule has 0 bridgehead atoms. The van der Waals surface area contributed by atoms with Gasteiger partial charge in [0.05, 0.1) is 12.4 Å². The van der Waals surface area contributed by atoms with Crippen molar-refractivity contribution in [3.8, 4) is 0 Å². The number of piperidine rings is 1. The molecule has 0 radical (unpaired) electrons. The van der Waals surface area contributed by atoms with Gasteiger partial charge in [-0.25, -0.2) is 14.8 Å². The predicted molar refractivity (Wildman–Crippen MR) is 92.9 cm³/mol. The quantitative estimate of drug-likeness (QED) is 0.926. The zero-order valence-electron chi connectivity index (χ0n) is 13.9. The molecule has 1 saturated heterocycles. The van der Waals surface area contributed by atoms with E-state index in [4.69, 9.17) is 0 Å². The van der Waals surface area contributed by atoms with E-state index in [9.17, 15) is 4.79 Å². The average Bonchev–Trinajstić information content (AvgIpc) is 3.10. The first-order valence-electron chi connectivity index (χ1n) is 8.65. The summed E-state index contributed by atoms with van der Waals surface area (Å²) in [6.45, 7) is 3.60. The Hall–Kier alpha value is -1.89. The molecule has 6 nitrogen and oxygen atoms in total. The van der Waals surface area contributed by atoms with Gasteiger partial charge in [0.2, 0.25) is 0 Å². The number of carbonyl (C=O) groups is 1. The summed E-state index contributed by atoms with van der Waals surface area (Å²) >= 11 is 1.66. The smallest absolute Gasteiger partial charge is 0.317 e. The Morgan fingerprint density at radius 1 is 1.33 bits per heavy atom. The highest BCUT2D eigenvalue weighted by Gasteiger charge is 2.36. The second-order valence-electron chi connectivity index (χ2n) is 6.82. The van der Waals surface area contributed by atoms with E-state index in [0.717, 1.165) is 36.6 Å². The third kappa shape index (κ3) is 3.31. The Balaban J connectivity index is 1.36. The Labute approximate surface area is 145 Å². The van der Waals surface area contributed by atoms with Gasteiger partial charge in [0.1, 0.15) is 5.01 Å². The molecule has 0 unspecified atom stereocenters. The summed E-state index contributed by atoms with van der Waals surface area (Å²) in [7, 11) is 0. The lowest BCUT2D eigenvalue weighted by molar-refractivity contribution is 0.167. The van der Waals surface area contributed by atoms with Crippen molar-refractivity contribution in [2.24, 2.45) is 5.92 Å². The highest BCUT2D eigenvalue weighted by molar-refractivity contribution is 7.09. The van der Waals surface area contributed by atoms with Gasteiger partial charge in [-0.15, -0.1) is 11.3 Å². The number of carbonyl (C=O) groups excluding carboxylic acids is 1. The minimum Gasteiger partial charge on any atom is -0.334 e. The number of nitrogens with one attached hydrogen (secondary N) is 1. The molecule has 1 N–H and O–H groups in total. The summed E-state index contributed by atoms with van der Waals surface area (Å²) in [4.78, 5) is 23.3. The van der Waals surface area contributed by atoms with E-state index in [-0.39, 0.29) is 12.1 Å². The summed E-state index contributed by atoms with van der Waals surface area (Å²) in [6, 6.07) is 0.601. The van der Waals surface area contributed by atoms with E-state index in [1.165, 1.54) is 12.8 Å². The summed E-state index contributed by atoms with van der Waals surface area (Å²) in [5.74, 6) is 0.558. The average molecular weight is 345 g/mol. The fraction of sp³-hybridized carbons (Fsp3) is 0.588. The summed E-state index contributed by atoms with van der Waals surface area (Å²) in [5, 5.41) is 6.36. The number of nitrogens with zero attached hydrogens (tertiary/aromatic N) is 4. The van der Waals surface area contributed by atoms with Crippen molar-refractivity contribution in [1.82, 2.24) is 24.8 Å². The SMILES string of the molecule is Cc1csc([C@@H](NC(=O)N2CCC(n3ccnc3)CC2)C2CC2)n1. The van der Waals surface area contributed by atoms with Gasteiger partial charge in [-0.3, -0.25) is 0 Å². The van der Waals surface area contributed by atoms with Gasteiger partial charge in [0.15, 0.2) is 0 Å². The van der Waals surface area contributed by atoms with E-state index in [0.29, 0.717) is 12.0 Å². The molecule has 1 atom stereocenters. The summed E-state index contributed by atoms with van der Waals surface area (Å²) in [5.41, 5.74) is 1.04. The second-order valence-corrected chi connectivity index (χ2v) is 7.71. The number of aryl methyl sites for hydroxylation is 1. The number of imidazole rings is 1. The fourth-order valence-corrected chi connectivity index (χ4v) is 4.34. The van der Waals surface area contributed by atoms with Crippen molar-refractivity contribution in [2.45, 2.75) is 44.7 Å². The van der Waals surface area contributed by atoms with Crippen LogP contribution >= 0.6 is 11.3 Å². The minimum atomic E-state index is 0.0591. The largest absolute Gasteiger partial charge is 0.334 e. The van der Waals surface area contributed by atoms with Crippen molar-refractivity contribution < 1.29 is 4.79 Å². The van der Waals surface area contributed by atoms with Crippen LogP contribution in [0.5, 0.6) is 0 Å². The van der Waals surface area contributed by atoms with Gasteiger partial charge in [-0.2, -0.15) is 0 Å². The highest BCUT2D eigenvalue weighted by atomic mass is 32.1. The predicted octanol–water partition coefficient (Wildman–Crippen LogP) is 3.15. The molecule has 24 heavy (non-hydrogen) atoms. The fourth-order valence-electron chi connectivity index (χ4n) is 3.40.